The first-order chi connectivity index (χ1) is 8.23. The Balaban J connectivity index is 5.14. The highest BCUT2D eigenvalue weighted by Gasteiger charge is 2.35. The van der Waals surface area contributed by atoms with Gasteiger partial charge in [0, 0.05) is 17.9 Å². The summed E-state index contributed by atoms with van der Waals surface area (Å²) in [5.74, 6) is 0.00448. The lowest BCUT2D eigenvalue weighted by molar-refractivity contribution is -0.132. The van der Waals surface area contributed by atoms with Crippen molar-refractivity contribution in [1.82, 2.24) is 4.90 Å². The predicted octanol–water partition coefficient (Wildman–Crippen LogP) is 2.87. The molecule has 0 aromatic rings. The second-order valence-electron chi connectivity index (χ2n) is 5.43. The molecule has 0 amide bonds. The van der Waals surface area contributed by atoms with Gasteiger partial charge in [-0.2, -0.15) is 0 Å². The van der Waals surface area contributed by atoms with E-state index in [-0.39, 0.29) is 23.7 Å². The third kappa shape index (κ3) is 4.97. The fourth-order valence-corrected chi connectivity index (χ4v) is 2.44. The van der Waals surface area contributed by atoms with E-state index in [0.29, 0.717) is 0 Å². The summed E-state index contributed by atoms with van der Waals surface area (Å²) in [6.45, 7) is 9.77. The Morgan fingerprint density at radius 3 is 2.06 bits per heavy atom. The topological polar surface area (TPSA) is 40.5 Å². The van der Waals surface area contributed by atoms with E-state index in [9.17, 15) is 9.90 Å². The van der Waals surface area contributed by atoms with Gasteiger partial charge in [0.25, 0.3) is 0 Å². The average molecular weight is 367 g/mol. The van der Waals surface area contributed by atoms with Crippen LogP contribution in [0.25, 0.3) is 0 Å². The third-order valence-electron chi connectivity index (χ3n) is 3.35. The molecular weight excluding hydrogens is 341 g/mol. The molecule has 0 bridgehead atoms. The molecule has 0 aliphatic heterocycles. The Morgan fingerprint density at radius 2 is 1.72 bits per heavy atom. The summed E-state index contributed by atoms with van der Waals surface area (Å²) in [4.78, 5) is 14.3. The monoisotopic (exact) mass is 367 g/mol. The van der Waals surface area contributed by atoms with Crippen LogP contribution >= 0.6 is 22.6 Å². The number of rotatable bonds is 7. The molecule has 0 aromatic carbocycles. The van der Waals surface area contributed by atoms with Gasteiger partial charge in [0.2, 0.25) is 0 Å². The van der Waals surface area contributed by atoms with Gasteiger partial charge >= 0.3 is 0 Å². The molecule has 0 saturated heterocycles. The zero-order valence-corrected chi connectivity index (χ0v) is 14.4. The Kier molecular flexibility index (Phi) is 8.30. The van der Waals surface area contributed by atoms with E-state index in [4.69, 9.17) is 0 Å². The van der Waals surface area contributed by atoms with Crippen molar-refractivity contribution in [1.29, 1.82) is 0 Å². The van der Waals surface area contributed by atoms with Gasteiger partial charge in [0.1, 0.15) is 0 Å². The molecule has 0 radical (unpaired) electrons. The number of Topliss-reactive ketones (excluding diaryl/α,β-unsaturated/α-hetero) is 1. The molecule has 3 atom stereocenters. The minimum Gasteiger partial charge on any atom is -0.390 e. The highest BCUT2D eigenvalue weighted by molar-refractivity contribution is 14.1. The van der Waals surface area contributed by atoms with Crippen molar-refractivity contribution in [3.63, 3.8) is 0 Å². The van der Waals surface area contributed by atoms with E-state index >= 15 is 0 Å². The molecule has 0 aliphatic carbocycles. The average Bonchev–Trinajstić information content (AvgIpc) is 2.28. The maximum Gasteiger partial charge on any atom is 0.155 e. The van der Waals surface area contributed by atoms with Gasteiger partial charge in [-0.3, -0.25) is 9.69 Å². The van der Waals surface area contributed by atoms with Crippen LogP contribution < -0.4 is 0 Å². The van der Waals surface area contributed by atoms with E-state index in [1.165, 1.54) is 0 Å². The molecule has 4 heteroatoms. The Hall–Kier alpha value is 0.0600. The van der Waals surface area contributed by atoms with Crippen molar-refractivity contribution in [2.75, 3.05) is 7.05 Å². The second kappa shape index (κ2) is 8.27. The lowest BCUT2D eigenvalue weighted by Gasteiger charge is -2.36. The second-order valence-corrected chi connectivity index (χ2v) is 6.15. The number of nitrogens with zero attached hydrogens (tertiary/aromatic N) is 1. The fourth-order valence-electron chi connectivity index (χ4n) is 1.79. The van der Waals surface area contributed by atoms with Crippen molar-refractivity contribution in [3.05, 3.63) is 10.2 Å². The number of aliphatic hydroxyl groups excluding tert-OH is 1. The van der Waals surface area contributed by atoms with Crippen molar-refractivity contribution < 1.29 is 9.90 Å². The normalized spacial score (nSPS) is 17.7. The third-order valence-corrected chi connectivity index (χ3v) is 3.77. The van der Waals surface area contributed by atoms with Crippen LogP contribution in [0, 0.1) is 11.8 Å². The molecule has 0 heterocycles. The molecule has 0 aromatic heterocycles. The molecular formula is C14H26INO2. The summed E-state index contributed by atoms with van der Waals surface area (Å²) in [6.07, 6.45) is 1.26. The first-order valence-corrected chi connectivity index (χ1v) is 7.69. The maximum absolute atomic E-state index is 12.3. The smallest absolute Gasteiger partial charge is 0.155 e. The van der Waals surface area contributed by atoms with Crippen molar-refractivity contribution in [3.8, 4) is 0 Å². The first-order valence-electron chi connectivity index (χ1n) is 6.44. The molecule has 106 valence electrons. The van der Waals surface area contributed by atoms with E-state index in [2.05, 4.69) is 22.6 Å². The number of halogens is 1. The van der Waals surface area contributed by atoms with Crippen molar-refractivity contribution in [2.45, 2.75) is 52.8 Å². The molecule has 18 heavy (non-hydrogen) atoms. The van der Waals surface area contributed by atoms with E-state index < -0.39 is 12.1 Å². The highest BCUT2D eigenvalue weighted by Crippen LogP contribution is 2.19. The number of carbonyl (C=O) groups excluding carboxylic acids is 1. The maximum atomic E-state index is 12.3. The highest BCUT2D eigenvalue weighted by atomic mass is 127. The number of carbonyl (C=O) groups is 1. The van der Waals surface area contributed by atoms with Crippen LogP contribution in [0.4, 0.5) is 0 Å². The van der Waals surface area contributed by atoms with Crippen LogP contribution in [-0.2, 0) is 4.79 Å². The minimum atomic E-state index is -0.668. The molecule has 0 unspecified atom stereocenters. The quantitative estimate of drug-likeness (QED) is 0.704. The zero-order chi connectivity index (χ0) is 14.5. The lowest BCUT2D eigenvalue weighted by Crippen LogP contribution is -2.53. The summed E-state index contributed by atoms with van der Waals surface area (Å²) < 4.78 is 1.89. The van der Waals surface area contributed by atoms with Gasteiger partial charge in [-0.05, 0) is 25.0 Å². The van der Waals surface area contributed by atoms with Crippen LogP contribution in [0.5, 0.6) is 0 Å². The van der Waals surface area contributed by atoms with Crippen LogP contribution in [0.1, 0.15) is 34.6 Å². The van der Waals surface area contributed by atoms with Crippen LogP contribution in [0.15, 0.2) is 10.2 Å². The lowest BCUT2D eigenvalue weighted by atomic mass is 9.89. The minimum absolute atomic E-state index is 0.0317. The van der Waals surface area contributed by atoms with Gasteiger partial charge in [-0.25, -0.2) is 0 Å². The Bertz CT molecular complexity index is 290. The standard InChI is InChI=1S/C14H26INO2/c1-9(2)13(17)12(16(6)10(3)4)14(18)11(5)7-8-15/h7-12,14,18H,1-6H3/b8-7-/t11-,12-,14-/m1/s1. The van der Waals surface area contributed by atoms with E-state index in [1.807, 2.05) is 56.7 Å². The molecule has 0 aliphatic rings. The zero-order valence-electron chi connectivity index (χ0n) is 12.2. The number of likely N-dealkylation sites (N-methyl/N-ethyl adjacent to an activating group) is 1. The molecule has 1 N–H and O–H groups in total. The molecule has 0 rings (SSSR count). The summed E-state index contributed by atoms with van der Waals surface area (Å²) in [6, 6.07) is -0.212. The van der Waals surface area contributed by atoms with Crippen LogP contribution in [-0.4, -0.2) is 41.0 Å². The summed E-state index contributed by atoms with van der Waals surface area (Å²) in [5, 5.41) is 10.4. The number of hydrogen-bond acceptors (Lipinski definition) is 3. The first kappa shape index (κ1) is 18.1. The molecule has 0 spiro atoms. The van der Waals surface area contributed by atoms with E-state index in [0.717, 1.165) is 0 Å². The van der Waals surface area contributed by atoms with Gasteiger partial charge in [0.05, 0.1) is 12.1 Å². The van der Waals surface area contributed by atoms with Gasteiger partial charge in [-0.15, -0.1) is 0 Å². The van der Waals surface area contributed by atoms with E-state index in [1.54, 1.807) is 0 Å². The molecule has 3 nitrogen and oxygen atoms in total. The summed E-state index contributed by atoms with van der Waals surface area (Å²) >= 11 is 2.13. The fraction of sp³-hybridized carbons (Fsp3) is 0.786. The Morgan fingerprint density at radius 1 is 1.22 bits per heavy atom. The molecule has 0 fully saturated rings. The van der Waals surface area contributed by atoms with Crippen molar-refractivity contribution in [2.24, 2.45) is 11.8 Å². The number of ketones is 1. The van der Waals surface area contributed by atoms with Crippen LogP contribution in [0.3, 0.4) is 0 Å². The largest absolute Gasteiger partial charge is 0.390 e. The van der Waals surface area contributed by atoms with Gasteiger partial charge in [0.15, 0.2) is 5.78 Å². The molecule has 0 saturated carbocycles. The SMILES string of the molecule is CC(C)C(=O)[C@H]([C@H](O)[C@H](C)/C=C\I)N(C)C(C)C. The predicted molar refractivity (Wildman–Crippen MR) is 84.9 cm³/mol. The Labute approximate surface area is 125 Å². The van der Waals surface area contributed by atoms with Crippen LogP contribution in [0.2, 0.25) is 0 Å². The number of hydrogen-bond donors (Lipinski definition) is 1. The van der Waals surface area contributed by atoms with Gasteiger partial charge in [-0.1, -0.05) is 49.4 Å². The summed E-state index contributed by atoms with van der Waals surface area (Å²) in [7, 11) is 1.90. The van der Waals surface area contributed by atoms with Gasteiger partial charge < -0.3 is 5.11 Å². The van der Waals surface area contributed by atoms with Crippen molar-refractivity contribution >= 4 is 28.4 Å². The summed E-state index contributed by atoms with van der Waals surface area (Å²) in [5.41, 5.74) is 0. The number of aliphatic hydroxyl groups is 1.